The maximum Gasteiger partial charge on any atom is 0.414 e. The molecule has 2 aliphatic heterocycles. The summed E-state index contributed by atoms with van der Waals surface area (Å²) in [4.78, 5) is 40.3. The number of nitrogens with one attached hydrogen (secondary N) is 1. The molecule has 0 aliphatic carbocycles. The second-order valence-corrected chi connectivity index (χ2v) is 8.31. The predicted octanol–water partition coefficient (Wildman–Crippen LogP) is 3.44. The number of benzene rings is 2. The number of carbonyl (C=O) groups is 3. The molecule has 31 heavy (non-hydrogen) atoms. The second-order valence-electron chi connectivity index (χ2n) is 8.31. The Kier molecular flexibility index (Phi) is 5.93. The van der Waals surface area contributed by atoms with Crippen LogP contribution in [0.1, 0.15) is 37.3 Å². The van der Waals surface area contributed by atoms with Gasteiger partial charge in [0.05, 0.1) is 12.5 Å². The van der Waals surface area contributed by atoms with Crippen molar-refractivity contribution in [3.63, 3.8) is 0 Å². The van der Waals surface area contributed by atoms with Crippen molar-refractivity contribution in [2.24, 2.45) is 5.92 Å². The van der Waals surface area contributed by atoms with E-state index in [1.165, 1.54) is 5.56 Å². The number of nitrogens with zero attached hydrogens (tertiary/aromatic N) is 2. The van der Waals surface area contributed by atoms with Gasteiger partial charge in [0, 0.05) is 30.9 Å². The summed E-state index contributed by atoms with van der Waals surface area (Å²) in [7, 11) is 0. The molecule has 3 amide bonds. The molecule has 2 aromatic rings. The van der Waals surface area contributed by atoms with Crippen LogP contribution in [0.25, 0.3) is 0 Å². The molecular weight excluding hydrogens is 394 g/mol. The second kappa shape index (κ2) is 8.79. The Morgan fingerprint density at radius 2 is 1.84 bits per heavy atom. The lowest BCUT2D eigenvalue weighted by atomic mass is 10.0. The Hall–Kier alpha value is -3.35. The molecule has 162 valence electrons. The standard InChI is InChI=1S/C24H27N3O4/c1-16(2)18-6-4-8-21(12-18)27-15-19(13-22(27)28)23(29)25-14-17-5-3-7-20(11-17)26-9-10-31-24(26)30/h3-8,11-12,16,19H,9-10,13-15H2,1-2H3,(H,25,29). The molecule has 2 fully saturated rings. The molecule has 0 spiro atoms. The van der Waals surface area contributed by atoms with Crippen LogP contribution in [-0.2, 0) is 20.9 Å². The lowest BCUT2D eigenvalue weighted by Crippen LogP contribution is -2.32. The van der Waals surface area contributed by atoms with Crippen molar-refractivity contribution in [1.29, 1.82) is 0 Å². The lowest BCUT2D eigenvalue weighted by Gasteiger charge is -2.18. The van der Waals surface area contributed by atoms with Gasteiger partial charge in [-0.05, 0) is 41.3 Å². The summed E-state index contributed by atoms with van der Waals surface area (Å²) in [6, 6.07) is 15.4. The minimum absolute atomic E-state index is 0.0319. The Bertz CT molecular complexity index is 1000. The smallest absolute Gasteiger partial charge is 0.414 e. The van der Waals surface area contributed by atoms with Gasteiger partial charge in [-0.3, -0.25) is 14.5 Å². The maximum atomic E-state index is 12.7. The summed E-state index contributed by atoms with van der Waals surface area (Å²) in [6.45, 7) is 5.85. The number of hydrogen-bond acceptors (Lipinski definition) is 4. The van der Waals surface area contributed by atoms with E-state index in [2.05, 4.69) is 25.2 Å². The van der Waals surface area contributed by atoms with E-state index < -0.39 is 0 Å². The minimum atomic E-state index is -0.382. The van der Waals surface area contributed by atoms with E-state index in [1.807, 2.05) is 42.5 Å². The van der Waals surface area contributed by atoms with E-state index in [9.17, 15) is 14.4 Å². The van der Waals surface area contributed by atoms with Crippen LogP contribution in [0.4, 0.5) is 16.2 Å². The summed E-state index contributed by atoms with van der Waals surface area (Å²) in [6.07, 6.45) is -0.149. The molecule has 0 bridgehead atoms. The van der Waals surface area contributed by atoms with Gasteiger partial charge in [-0.15, -0.1) is 0 Å². The molecule has 0 aromatic heterocycles. The Morgan fingerprint density at radius 1 is 1.10 bits per heavy atom. The highest BCUT2D eigenvalue weighted by Gasteiger charge is 2.35. The van der Waals surface area contributed by atoms with Gasteiger partial charge in [0.15, 0.2) is 0 Å². The highest BCUT2D eigenvalue weighted by molar-refractivity contribution is 6.00. The number of anilines is 2. The Morgan fingerprint density at radius 3 is 2.55 bits per heavy atom. The molecular formula is C24H27N3O4. The molecule has 0 radical (unpaired) electrons. The fourth-order valence-corrected chi connectivity index (χ4v) is 3.98. The van der Waals surface area contributed by atoms with Crippen molar-refractivity contribution in [3.8, 4) is 0 Å². The van der Waals surface area contributed by atoms with Crippen LogP contribution in [-0.4, -0.2) is 37.6 Å². The molecule has 2 aliphatic rings. The first-order valence-corrected chi connectivity index (χ1v) is 10.6. The number of carbonyl (C=O) groups excluding carboxylic acids is 3. The Balaban J connectivity index is 1.37. The van der Waals surface area contributed by atoms with Crippen LogP contribution < -0.4 is 15.1 Å². The van der Waals surface area contributed by atoms with E-state index in [0.29, 0.717) is 32.2 Å². The summed E-state index contributed by atoms with van der Waals surface area (Å²) >= 11 is 0. The number of cyclic esters (lactones) is 1. The zero-order chi connectivity index (χ0) is 22.0. The van der Waals surface area contributed by atoms with Gasteiger partial charge in [-0.2, -0.15) is 0 Å². The number of amides is 3. The quantitative estimate of drug-likeness (QED) is 0.775. The van der Waals surface area contributed by atoms with Gasteiger partial charge in [0.25, 0.3) is 0 Å². The van der Waals surface area contributed by atoms with E-state index in [0.717, 1.165) is 16.9 Å². The largest absolute Gasteiger partial charge is 0.447 e. The van der Waals surface area contributed by atoms with Gasteiger partial charge in [0.1, 0.15) is 6.61 Å². The van der Waals surface area contributed by atoms with Gasteiger partial charge in [-0.1, -0.05) is 38.1 Å². The molecule has 1 atom stereocenters. The zero-order valence-corrected chi connectivity index (χ0v) is 17.8. The summed E-state index contributed by atoms with van der Waals surface area (Å²) in [5.74, 6) is -0.181. The molecule has 2 saturated heterocycles. The van der Waals surface area contributed by atoms with Crippen molar-refractivity contribution in [1.82, 2.24) is 5.32 Å². The highest BCUT2D eigenvalue weighted by Crippen LogP contribution is 2.28. The van der Waals surface area contributed by atoms with Crippen LogP contribution in [0.3, 0.4) is 0 Å². The maximum absolute atomic E-state index is 12.7. The number of ether oxygens (including phenoxy) is 1. The SMILES string of the molecule is CC(C)c1cccc(N2CC(C(=O)NCc3cccc(N4CCOC4=O)c3)CC2=O)c1. The summed E-state index contributed by atoms with van der Waals surface area (Å²) in [5, 5.41) is 2.94. The molecule has 1 unspecified atom stereocenters. The predicted molar refractivity (Wildman–Crippen MR) is 118 cm³/mol. The highest BCUT2D eigenvalue weighted by atomic mass is 16.6. The lowest BCUT2D eigenvalue weighted by molar-refractivity contribution is -0.126. The third-order valence-corrected chi connectivity index (χ3v) is 5.79. The topological polar surface area (TPSA) is 79.0 Å². The van der Waals surface area contributed by atoms with Crippen LogP contribution in [0.5, 0.6) is 0 Å². The van der Waals surface area contributed by atoms with Crippen LogP contribution >= 0.6 is 0 Å². The average molecular weight is 421 g/mol. The van der Waals surface area contributed by atoms with Gasteiger partial charge in [-0.25, -0.2) is 4.79 Å². The van der Waals surface area contributed by atoms with Crippen molar-refractivity contribution < 1.29 is 19.1 Å². The molecule has 2 heterocycles. The molecule has 7 heteroatoms. The van der Waals surface area contributed by atoms with Crippen LogP contribution in [0, 0.1) is 5.92 Å². The molecule has 7 nitrogen and oxygen atoms in total. The monoisotopic (exact) mass is 421 g/mol. The number of rotatable bonds is 6. The fourth-order valence-electron chi connectivity index (χ4n) is 3.98. The van der Waals surface area contributed by atoms with E-state index in [1.54, 1.807) is 9.80 Å². The van der Waals surface area contributed by atoms with E-state index in [-0.39, 0.29) is 30.2 Å². The van der Waals surface area contributed by atoms with Gasteiger partial charge >= 0.3 is 6.09 Å². The fraction of sp³-hybridized carbons (Fsp3) is 0.375. The van der Waals surface area contributed by atoms with Crippen molar-refractivity contribution in [2.75, 3.05) is 29.5 Å². The van der Waals surface area contributed by atoms with Crippen molar-refractivity contribution in [3.05, 3.63) is 59.7 Å². The first-order chi connectivity index (χ1) is 14.9. The third kappa shape index (κ3) is 4.55. The first kappa shape index (κ1) is 20.9. The normalized spacial score (nSPS) is 18.6. The number of hydrogen-bond donors (Lipinski definition) is 1. The average Bonchev–Trinajstić information content (AvgIpc) is 3.38. The van der Waals surface area contributed by atoms with E-state index >= 15 is 0 Å². The van der Waals surface area contributed by atoms with Gasteiger partial charge < -0.3 is 15.0 Å². The molecule has 0 saturated carbocycles. The summed E-state index contributed by atoms with van der Waals surface area (Å²) in [5.41, 5.74) is 3.65. The summed E-state index contributed by atoms with van der Waals surface area (Å²) < 4.78 is 4.98. The Labute approximate surface area is 182 Å². The first-order valence-electron chi connectivity index (χ1n) is 10.6. The molecule has 1 N–H and O–H groups in total. The van der Waals surface area contributed by atoms with Crippen molar-refractivity contribution in [2.45, 2.75) is 32.7 Å². The zero-order valence-electron chi connectivity index (χ0n) is 17.8. The molecule has 2 aromatic carbocycles. The minimum Gasteiger partial charge on any atom is -0.447 e. The van der Waals surface area contributed by atoms with Crippen LogP contribution in [0.2, 0.25) is 0 Å². The van der Waals surface area contributed by atoms with Crippen molar-refractivity contribution >= 4 is 29.3 Å². The van der Waals surface area contributed by atoms with E-state index in [4.69, 9.17) is 4.74 Å². The van der Waals surface area contributed by atoms with Gasteiger partial charge in [0.2, 0.25) is 11.8 Å². The third-order valence-electron chi connectivity index (χ3n) is 5.79. The van der Waals surface area contributed by atoms with Crippen LogP contribution in [0.15, 0.2) is 48.5 Å². The molecule has 4 rings (SSSR count).